The summed E-state index contributed by atoms with van der Waals surface area (Å²) in [6.45, 7) is 1.53. The summed E-state index contributed by atoms with van der Waals surface area (Å²) >= 11 is 0. The Labute approximate surface area is 140 Å². The number of hydrogen-bond donors (Lipinski definition) is 2. The van der Waals surface area contributed by atoms with Gasteiger partial charge in [0.25, 0.3) is 5.91 Å². The third-order valence-corrected chi connectivity index (χ3v) is 3.43. The Hall–Kier alpha value is -2.90. The summed E-state index contributed by atoms with van der Waals surface area (Å²) in [4.78, 5) is 23.0. The van der Waals surface area contributed by atoms with Crippen molar-refractivity contribution in [3.63, 3.8) is 0 Å². The monoisotopic (exact) mass is 354 g/mol. The molecule has 2 amide bonds. The number of amides is 2. The van der Waals surface area contributed by atoms with Crippen molar-refractivity contribution >= 4 is 17.5 Å². The molecule has 2 rings (SSSR count). The molecular formula is C17H14F4N2O2. The number of benzene rings is 2. The molecule has 4 nitrogen and oxygen atoms in total. The highest BCUT2D eigenvalue weighted by Gasteiger charge is 2.43. The van der Waals surface area contributed by atoms with E-state index in [-0.39, 0.29) is 5.56 Å². The van der Waals surface area contributed by atoms with Crippen molar-refractivity contribution in [3.05, 3.63) is 64.7 Å². The topological polar surface area (TPSA) is 72.2 Å². The van der Waals surface area contributed by atoms with Gasteiger partial charge in [-0.2, -0.15) is 8.78 Å². The normalized spacial score (nSPS) is 11.2. The predicted molar refractivity (Wildman–Crippen MR) is 83.0 cm³/mol. The van der Waals surface area contributed by atoms with Crippen molar-refractivity contribution in [1.29, 1.82) is 0 Å². The number of nitrogens with two attached hydrogens (primary N) is 1. The second-order valence-corrected chi connectivity index (χ2v) is 5.46. The molecule has 3 N–H and O–H groups in total. The van der Waals surface area contributed by atoms with Gasteiger partial charge in [0, 0.05) is 11.6 Å². The Kier molecular flexibility index (Phi) is 5.10. The fourth-order valence-electron chi connectivity index (χ4n) is 2.24. The molecule has 0 radical (unpaired) electrons. The zero-order valence-corrected chi connectivity index (χ0v) is 13.1. The van der Waals surface area contributed by atoms with Crippen LogP contribution in [0, 0.1) is 18.6 Å². The van der Waals surface area contributed by atoms with Crippen LogP contribution < -0.4 is 11.1 Å². The van der Waals surface area contributed by atoms with Crippen LogP contribution in [0.5, 0.6) is 0 Å². The van der Waals surface area contributed by atoms with Crippen LogP contribution in [0.4, 0.5) is 23.2 Å². The van der Waals surface area contributed by atoms with Gasteiger partial charge in [0.2, 0.25) is 5.91 Å². The largest absolute Gasteiger partial charge is 0.369 e. The average molecular weight is 354 g/mol. The lowest BCUT2D eigenvalue weighted by atomic mass is 9.96. The number of primary amides is 1. The molecule has 25 heavy (non-hydrogen) atoms. The summed E-state index contributed by atoms with van der Waals surface area (Å²) < 4.78 is 55.6. The van der Waals surface area contributed by atoms with E-state index < -0.39 is 47.0 Å². The first-order chi connectivity index (χ1) is 11.6. The van der Waals surface area contributed by atoms with E-state index in [0.717, 1.165) is 18.2 Å². The maximum Gasteiger partial charge on any atom is 0.350 e. The molecule has 8 heteroatoms. The fraction of sp³-hybridized carbons (Fsp3) is 0.176. The van der Waals surface area contributed by atoms with Gasteiger partial charge < -0.3 is 11.1 Å². The van der Waals surface area contributed by atoms with E-state index in [1.54, 1.807) is 5.32 Å². The highest BCUT2D eigenvalue weighted by atomic mass is 19.3. The molecule has 2 aromatic rings. The molecule has 0 atom stereocenters. The number of halogens is 4. The van der Waals surface area contributed by atoms with Crippen LogP contribution in [-0.2, 0) is 21.9 Å². The number of aryl methyl sites for hydroxylation is 1. The second kappa shape index (κ2) is 6.92. The van der Waals surface area contributed by atoms with Crippen LogP contribution in [0.3, 0.4) is 0 Å². The summed E-state index contributed by atoms with van der Waals surface area (Å²) in [6, 6.07) is 5.93. The van der Waals surface area contributed by atoms with Crippen molar-refractivity contribution in [3.8, 4) is 0 Å². The minimum atomic E-state index is -4.06. The summed E-state index contributed by atoms with van der Waals surface area (Å²) in [5, 5.41) is 1.73. The van der Waals surface area contributed by atoms with Gasteiger partial charge in [0.1, 0.15) is 11.6 Å². The minimum absolute atomic E-state index is 0.113. The van der Waals surface area contributed by atoms with Crippen LogP contribution in [0.1, 0.15) is 16.7 Å². The van der Waals surface area contributed by atoms with Gasteiger partial charge in [0.05, 0.1) is 12.1 Å². The number of carbonyl (C=O) groups is 2. The number of hydrogen-bond acceptors (Lipinski definition) is 2. The van der Waals surface area contributed by atoms with Crippen molar-refractivity contribution < 1.29 is 27.2 Å². The summed E-state index contributed by atoms with van der Waals surface area (Å²) in [6.07, 6.45) is -0.483. The SMILES string of the molecule is Cc1ccc(CC(N)=O)c(C(F)(F)C(=O)Nc2ccc(F)cc2F)c1. The lowest BCUT2D eigenvalue weighted by Gasteiger charge is -2.20. The first kappa shape index (κ1) is 18.4. The number of anilines is 1. The van der Waals surface area contributed by atoms with Gasteiger partial charge in [-0.05, 0) is 30.7 Å². The van der Waals surface area contributed by atoms with E-state index in [9.17, 15) is 27.2 Å². The number of nitrogens with one attached hydrogen (secondary N) is 1. The molecule has 0 aliphatic carbocycles. The fourth-order valence-corrected chi connectivity index (χ4v) is 2.24. The highest BCUT2D eigenvalue weighted by Crippen LogP contribution is 2.33. The summed E-state index contributed by atoms with van der Waals surface area (Å²) in [7, 11) is 0. The Morgan fingerprint density at radius 2 is 1.80 bits per heavy atom. The lowest BCUT2D eigenvalue weighted by molar-refractivity contribution is -0.141. The number of carbonyl (C=O) groups excluding carboxylic acids is 2. The maximum absolute atomic E-state index is 14.6. The van der Waals surface area contributed by atoms with Gasteiger partial charge in [-0.3, -0.25) is 9.59 Å². The van der Waals surface area contributed by atoms with Crippen LogP contribution in [0.15, 0.2) is 36.4 Å². The molecule has 2 aromatic carbocycles. The smallest absolute Gasteiger partial charge is 0.350 e. The van der Waals surface area contributed by atoms with E-state index >= 15 is 0 Å². The van der Waals surface area contributed by atoms with Gasteiger partial charge in [-0.25, -0.2) is 8.78 Å². The number of alkyl halides is 2. The maximum atomic E-state index is 14.6. The van der Waals surface area contributed by atoms with Gasteiger partial charge in [-0.15, -0.1) is 0 Å². The lowest BCUT2D eigenvalue weighted by Crippen LogP contribution is -2.34. The molecule has 0 fully saturated rings. The molecule has 0 aliphatic heterocycles. The van der Waals surface area contributed by atoms with E-state index in [2.05, 4.69) is 0 Å². The summed E-state index contributed by atoms with van der Waals surface area (Å²) in [5.74, 6) is -8.81. The molecular weight excluding hydrogens is 340 g/mol. The van der Waals surface area contributed by atoms with E-state index in [1.807, 2.05) is 0 Å². The molecule has 0 saturated carbocycles. The zero-order chi connectivity index (χ0) is 18.8. The van der Waals surface area contributed by atoms with E-state index in [4.69, 9.17) is 5.73 Å². The first-order valence-electron chi connectivity index (χ1n) is 7.14. The van der Waals surface area contributed by atoms with Crippen molar-refractivity contribution in [1.82, 2.24) is 0 Å². The van der Waals surface area contributed by atoms with Gasteiger partial charge in [0.15, 0.2) is 0 Å². The third kappa shape index (κ3) is 4.14. The third-order valence-electron chi connectivity index (χ3n) is 3.43. The molecule has 0 aromatic heterocycles. The second-order valence-electron chi connectivity index (χ2n) is 5.46. The predicted octanol–water partition coefficient (Wildman–Crippen LogP) is 3.03. The zero-order valence-electron chi connectivity index (χ0n) is 13.1. The molecule has 0 unspecified atom stereocenters. The van der Waals surface area contributed by atoms with Crippen molar-refractivity contribution in [2.75, 3.05) is 5.32 Å². The van der Waals surface area contributed by atoms with E-state index in [0.29, 0.717) is 11.6 Å². The van der Waals surface area contributed by atoms with E-state index in [1.165, 1.54) is 19.1 Å². The van der Waals surface area contributed by atoms with Crippen LogP contribution in [0.25, 0.3) is 0 Å². The Morgan fingerprint density at radius 3 is 2.40 bits per heavy atom. The van der Waals surface area contributed by atoms with Crippen LogP contribution in [0.2, 0.25) is 0 Å². The van der Waals surface area contributed by atoms with Gasteiger partial charge >= 0.3 is 5.92 Å². The minimum Gasteiger partial charge on any atom is -0.369 e. The number of rotatable bonds is 5. The highest BCUT2D eigenvalue weighted by molar-refractivity contribution is 5.97. The summed E-state index contributed by atoms with van der Waals surface area (Å²) in [5.41, 5.74) is 4.07. The van der Waals surface area contributed by atoms with Crippen LogP contribution >= 0.6 is 0 Å². The standard InChI is InChI=1S/C17H14F4N2O2/c1-9-2-3-10(7-15(22)24)12(6-9)17(20,21)16(25)23-14-5-4-11(18)8-13(14)19/h2-6,8H,7H2,1H3,(H2,22,24)(H,23,25). The quantitative estimate of drug-likeness (QED) is 0.810. The Morgan fingerprint density at radius 1 is 1.12 bits per heavy atom. The van der Waals surface area contributed by atoms with Gasteiger partial charge in [-0.1, -0.05) is 17.7 Å². The van der Waals surface area contributed by atoms with Crippen molar-refractivity contribution in [2.45, 2.75) is 19.3 Å². The average Bonchev–Trinajstić information content (AvgIpc) is 2.51. The Bertz CT molecular complexity index is 837. The Balaban J connectivity index is 2.38. The molecule has 0 heterocycles. The molecule has 0 saturated heterocycles. The molecule has 0 spiro atoms. The van der Waals surface area contributed by atoms with Crippen LogP contribution in [-0.4, -0.2) is 11.8 Å². The molecule has 0 bridgehead atoms. The first-order valence-corrected chi connectivity index (χ1v) is 7.14. The molecule has 0 aliphatic rings. The van der Waals surface area contributed by atoms with Crippen molar-refractivity contribution in [2.24, 2.45) is 5.73 Å². The molecule has 132 valence electrons.